The molecular formula is C11H9BrClFN2S. The van der Waals surface area contributed by atoms with E-state index in [9.17, 15) is 4.39 Å². The van der Waals surface area contributed by atoms with E-state index in [0.717, 1.165) is 8.66 Å². The van der Waals surface area contributed by atoms with Crippen LogP contribution < -0.4 is 11.1 Å². The fourth-order valence-corrected chi connectivity index (χ4v) is 2.94. The Morgan fingerprint density at radius 3 is 2.82 bits per heavy atom. The zero-order valence-corrected chi connectivity index (χ0v) is 11.8. The third kappa shape index (κ3) is 3.12. The van der Waals surface area contributed by atoms with Gasteiger partial charge in [-0.15, -0.1) is 11.3 Å². The third-order valence-electron chi connectivity index (χ3n) is 2.17. The molecule has 0 atom stereocenters. The molecule has 17 heavy (non-hydrogen) atoms. The summed E-state index contributed by atoms with van der Waals surface area (Å²) >= 11 is 10.6. The van der Waals surface area contributed by atoms with Crippen molar-refractivity contribution in [3.05, 3.63) is 43.8 Å². The smallest absolute Gasteiger partial charge is 0.143 e. The van der Waals surface area contributed by atoms with Gasteiger partial charge in [0, 0.05) is 17.5 Å². The molecule has 0 radical (unpaired) electrons. The van der Waals surface area contributed by atoms with E-state index in [1.165, 1.54) is 12.1 Å². The molecule has 3 N–H and O–H groups in total. The van der Waals surface area contributed by atoms with Crippen molar-refractivity contribution in [1.82, 2.24) is 0 Å². The molecule has 2 nitrogen and oxygen atoms in total. The van der Waals surface area contributed by atoms with Gasteiger partial charge < -0.3 is 11.1 Å². The van der Waals surface area contributed by atoms with Crippen molar-refractivity contribution in [2.75, 3.05) is 11.1 Å². The van der Waals surface area contributed by atoms with Crippen LogP contribution in [0.1, 0.15) is 4.88 Å². The Hall–Kier alpha value is -0.780. The first-order valence-electron chi connectivity index (χ1n) is 4.79. The lowest BCUT2D eigenvalue weighted by molar-refractivity contribution is 0.629. The lowest BCUT2D eigenvalue weighted by Crippen LogP contribution is -2.02. The zero-order valence-electron chi connectivity index (χ0n) is 8.64. The highest BCUT2D eigenvalue weighted by atomic mass is 79.9. The van der Waals surface area contributed by atoms with Crippen LogP contribution in [0, 0.1) is 5.82 Å². The average molecular weight is 336 g/mol. The van der Waals surface area contributed by atoms with Crippen LogP contribution in [0.15, 0.2) is 28.1 Å². The standard InChI is InChI=1S/C11H9BrClFN2S/c12-11-2-1-6(17-11)5-16-10-4-8(14)7(13)3-9(10)15/h1-4,16H,5,15H2. The Morgan fingerprint density at radius 1 is 1.41 bits per heavy atom. The second-order valence-electron chi connectivity index (χ2n) is 3.41. The number of nitrogens with one attached hydrogen (secondary N) is 1. The highest BCUT2D eigenvalue weighted by molar-refractivity contribution is 9.11. The van der Waals surface area contributed by atoms with E-state index >= 15 is 0 Å². The molecule has 1 aromatic heterocycles. The van der Waals surface area contributed by atoms with Gasteiger partial charge in [-0.1, -0.05) is 11.6 Å². The molecule has 0 aliphatic heterocycles. The minimum Gasteiger partial charge on any atom is -0.397 e. The van der Waals surface area contributed by atoms with Gasteiger partial charge in [0.25, 0.3) is 0 Å². The number of anilines is 2. The maximum absolute atomic E-state index is 13.3. The quantitative estimate of drug-likeness (QED) is 0.811. The second-order valence-corrected chi connectivity index (χ2v) is 6.37. The number of hydrogen-bond donors (Lipinski definition) is 2. The number of hydrogen-bond acceptors (Lipinski definition) is 3. The van der Waals surface area contributed by atoms with Crippen LogP contribution in [0.5, 0.6) is 0 Å². The third-order valence-corrected chi connectivity index (χ3v) is 4.09. The highest BCUT2D eigenvalue weighted by Gasteiger charge is 2.06. The molecule has 0 aliphatic carbocycles. The Bertz CT molecular complexity index is 544. The van der Waals surface area contributed by atoms with Gasteiger partial charge in [0.15, 0.2) is 0 Å². The van der Waals surface area contributed by atoms with E-state index in [-0.39, 0.29) is 5.02 Å². The summed E-state index contributed by atoms with van der Waals surface area (Å²) in [5.41, 5.74) is 6.73. The summed E-state index contributed by atoms with van der Waals surface area (Å²) in [4.78, 5) is 1.13. The second kappa shape index (κ2) is 5.25. The van der Waals surface area contributed by atoms with E-state index in [1.54, 1.807) is 11.3 Å². The van der Waals surface area contributed by atoms with Gasteiger partial charge in [0.2, 0.25) is 0 Å². The van der Waals surface area contributed by atoms with Gasteiger partial charge in [-0.05, 0) is 34.1 Å². The van der Waals surface area contributed by atoms with Crippen molar-refractivity contribution in [2.24, 2.45) is 0 Å². The van der Waals surface area contributed by atoms with E-state index in [4.69, 9.17) is 17.3 Å². The van der Waals surface area contributed by atoms with E-state index in [1.807, 2.05) is 12.1 Å². The van der Waals surface area contributed by atoms with E-state index in [2.05, 4.69) is 21.2 Å². The number of benzene rings is 1. The van der Waals surface area contributed by atoms with Gasteiger partial charge in [-0.25, -0.2) is 4.39 Å². The molecule has 0 saturated carbocycles. The van der Waals surface area contributed by atoms with Crippen LogP contribution in [0.2, 0.25) is 5.02 Å². The number of rotatable bonds is 3. The van der Waals surface area contributed by atoms with E-state index in [0.29, 0.717) is 17.9 Å². The molecule has 0 saturated heterocycles. The normalized spacial score (nSPS) is 10.5. The molecular weight excluding hydrogens is 327 g/mol. The van der Waals surface area contributed by atoms with Crippen molar-refractivity contribution in [1.29, 1.82) is 0 Å². The molecule has 2 rings (SSSR count). The van der Waals surface area contributed by atoms with Gasteiger partial charge in [-0.3, -0.25) is 0 Å². The van der Waals surface area contributed by atoms with Crippen molar-refractivity contribution >= 4 is 50.2 Å². The molecule has 0 spiro atoms. The van der Waals surface area contributed by atoms with Crippen LogP contribution in [0.25, 0.3) is 0 Å². The average Bonchev–Trinajstić information content (AvgIpc) is 2.68. The van der Waals surface area contributed by atoms with Gasteiger partial charge >= 0.3 is 0 Å². The summed E-state index contributed by atoms with van der Waals surface area (Å²) in [5, 5.41) is 3.11. The Kier molecular flexibility index (Phi) is 3.91. The molecule has 0 bridgehead atoms. The predicted octanol–water partition coefficient (Wildman–Crippen LogP) is 4.50. The lowest BCUT2D eigenvalue weighted by Gasteiger charge is -2.09. The fraction of sp³-hybridized carbons (Fsp3) is 0.0909. The number of thiophene rings is 1. The summed E-state index contributed by atoms with van der Waals surface area (Å²) in [6.07, 6.45) is 0. The summed E-state index contributed by atoms with van der Waals surface area (Å²) in [6, 6.07) is 6.67. The van der Waals surface area contributed by atoms with Crippen LogP contribution in [0.4, 0.5) is 15.8 Å². The van der Waals surface area contributed by atoms with Crippen molar-refractivity contribution in [2.45, 2.75) is 6.54 Å². The largest absolute Gasteiger partial charge is 0.397 e. The lowest BCUT2D eigenvalue weighted by atomic mass is 10.2. The molecule has 1 heterocycles. The Morgan fingerprint density at radius 2 is 2.18 bits per heavy atom. The predicted molar refractivity (Wildman–Crippen MR) is 75.2 cm³/mol. The fourth-order valence-electron chi connectivity index (χ4n) is 1.34. The molecule has 1 aromatic carbocycles. The number of halogens is 3. The SMILES string of the molecule is Nc1cc(Cl)c(F)cc1NCc1ccc(Br)s1. The maximum atomic E-state index is 13.3. The zero-order chi connectivity index (χ0) is 12.4. The van der Waals surface area contributed by atoms with Crippen molar-refractivity contribution in [3.8, 4) is 0 Å². The molecule has 6 heteroatoms. The van der Waals surface area contributed by atoms with Crippen molar-refractivity contribution < 1.29 is 4.39 Å². The minimum absolute atomic E-state index is 0.0342. The molecule has 0 unspecified atom stereocenters. The first kappa shape index (κ1) is 12.7. The monoisotopic (exact) mass is 334 g/mol. The van der Waals surface area contributed by atoms with Crippen molar-refractivity contribution in [3.63, 3.8) is 0 Å². The van der Waals surface area contributed by atoms with Gasteiger partial charge in [0.05, 0.1) is 20.2 Å². The minimum atomic E-state index is -0.476. The van der Waals surface area contributed by atoms with Gasteiger partial charge in [0.1, 0.15) is 5.82 Å². The summed E-state index contributed by atoms with van der Waals surface area (Å²) in [6.45, 7) is 0.599. The molecule has 0 fully saturated rings. The molecule has 2 aromatic rings. The molecule has 0 amide bonds. The van der Waals surface area contributed by atoms with Crippen LogP contribution in [0.3, 0.4) is 0 Å². The Labute approximate surface area is 116 Å². The molecule has 0 aliphatic rings. The van der Waals surface area contributed by atoms with E-state index < -0.39 is 5.82 Å². The summed E-state index contributed by atoms with van der Waals surface area (Å²) in [7, 11) is 0. The van der Waals surface area contributed by atoms with Crippen LogP contribution in [-0.2, 0) is 6.54 Å². The first-order chi connectivity index (χ1) is 8.06. The number of nitrogens with two attached hydrogens (primary N) is 1. The number of nitrogen functional groups attached to an aromatic ring is 1. The topological polar surface area (TPSA) is 38.0 Å². The Balaban J connectivity index is 2.11. The van der Waals surface area contributed by atoms with Crippen LogP contribution >= 0.6 is 38.9 Å². The van der Waals surface area contributed by atoms with Gasteiger partial charge in [-0.2, -0.15) is 0 Å². The summed E-state index contributed by atoms with van der Waals surface area (Å²) < 4.78 is 14.3. The first-order valence-corrected chi connectivity index (χ1v) is 6.77. The molecule has 90 valence electrons. The maximum Gasteiger partial charge on any atom is 0.143 e. The van der Waals surface area contributed by atoms with Crippen LogP contribution in [-0.4, -0.2) is 0 Å². The summed E-state index contributed by atoms with van der Waals surface area (Å²) in [5.74, 6) is -0.476. The highest BCUT2D eigenvalue weighted by Crippen LogP contribution is 2.28.